The van der Waals surface area contributed by atoms with E-state index in [0.29, 0.717) is 24.0 Å². The van der Waals surface area contributed by atoms with Crippen molar-refractivity contribution < 1.29 is 13.2 Å². The maximum Gasteiger partial charge on any atom is 0.247 e. The number of hydrogen-bond acceptors (Lipinski definition) is 5. The lowest BCUT2D eigenvalue weighted by molar-refractivity contribution is 0.311. The summed E-state index contributed by atoms with van der Waals surface area (Å²) in [5, 5.41) is 9.21. The Kier molecular flexibility index (Phi) is 6.65. The van der Waals surface area contributed by atoms with Gasteiger partial charge in [0.25, 0.3) is 0 Å². The molecule has 0 N–H and O–H groups in total. The molecule has 0 aliphatic carbocycles. The minimum atomic E-state index is -3.87. The van der Waals surface area contributed by atoms with Crippen LogP contribution in [0.25, 0.3) is 0 Å². The minimum Gasteiger partial charge on any atom is -0.495 e. The van der Waals surface area contributed by atoms with Crippen molar-refractivity contribution in [3.8, 4) is 11.9 Å². The van der Waals surface area contributed by atoms with Gasteiger partial charge in [0.2, 0.25) is 10.0 Å². The third-order valence-electron chi connectivity index (χ3n) is 4.71. The molecule has 0 unspecified atom stereocenters. The van der Waals surface area contributed by atoms with E-state index in [1.54, 1.807) is 23.1 Å². The highest BCUT2D eigenvalue weighted by atomic mass is 79.9. The van der Waals surface area contributed by atoms with Crippen LogP contribution in [0.4, 0.5) is 0 Å². The van der Waals surface area contributed by atoms with Gasteiger partial charge in [0.15, 0.2) is 6.19 Å². The molecule has 28 heavy (non-hydrogen) atoms. The molecule has 0 amide bonds. The van der Waals surface area contributed by atoms with Gasteiger partial charge in [-0.2, -0.15) is 9.57 Å². The standard InChI is InChI=1S/C19H19Br2N3O3S/c1-27-18-7-6-15(20)10-19(18)28(25,26)24(16-8-9-23(12-16)13-22)11-14-4-2-3-5-17(14)21/h2-7,10,16H,8-9,11-12H2,1H3/t16-/m1/s1. The first-order valence-electron chi connectivity index (χ1n) is 8.60. The van der Waals surface area contributed by atoms with Crippen LogP contribution in [-0.4, -0.2) is 43.9 Å². The Labute approximate surface area is 182 Å². The number of benzene rings is 2. The Morgan fingerprint density at radius 2 is 2.04 bits per heavy atom. The SMILES string of the molecule is COc1ccc(Br)cc1S(=O)(=O)N(Cc1ccccc1Br)[C@@H]1CCN(C#N)C1. The Hall–Kier alpha value is -1.60. The van der Waals surface area contributed by atoms with Gasteiger partial charge in [0.05, 0.1) is 7.11 Å². The van der Waals surface area contributed by atoms with E-state index < -0.39 is 10.0 Å². The fourth-order valence-electron chi connectivity index (χ4n) is 3.25. The maximum absolute atomic E-state index is 13.7. The van der Waals surface area contributed by atoms with Crippen molar-refractivity contribution in [1.29, 1.82) is 5.26 Å². The highest BCUT2D eigenvalue weighted by molar-refractivity contribution is 9.10. The zero-order chi connectivity index (χ0) is 20.3. The van der Waals surface area contributed by atoms with Crippen LogP contribution in [0.1, 0.15) is 12.0 Å². The average molecular weight is 529 g/mol. The lowest BCUT2D eigenvalue weighted by Crippen LogP contribution is -2.41. The molecule has 6 nitrogen and oxygen atoms in total. The van der Waals surface area contributed by atoms with Gasteiger partial charge in [0.1, 0.15) is 10.6 Å². The predicted molar refractivity (Wildman–Crippen MR) is 113 cm³/mol. The summed E-state index contributed by atoms with van der Waals surface area (Å²) in [6.45, 7) is 1.11. The van der Waals surface area contributed by atoms with E-state index in [1.165, 1.54) is 11.4 Å². The zero-order valence-corrected chi connectivity index (χ0v) is 19.2. The topological polar surface area (TPSA) is 73.6 Å². The van der Waals surface area contributed by atoms with Gasteiger partial charge in [-0.15, -0.1) is 0 Å². The molecule has 0 saturated carbocycles. The Balaban J connectivity index is 2.07. The number of rotatable bonds is 6. The zero-order valence-electron chi connectivity index (χ0n) is 15.2. The summed E-state index contributed by atoms with van der Waals surface area (Å²) in [6.07, 6.45) is 2.71. The van der Waals surface area contributed by atoms with Crippen LogP contribution in [0.2, 0.25) is 0 Å². The van der Waals surface area contributed by atoms with Crippen molar-refractivity contribution in [1.82, 2.24) is 9.21 Å². The smallest absolute Gasteiger partial charge is 0.247 e. The van der Waals surface area contributed by atoms with E-state index in [4.69, 9.17) is 4.74 Å². The molecule has 2 aromatic carbocycles. The molecule has 0 bridgehead atoms. The van der Waals surface area contributed by atoms with Gasteiger partial charge in [-0.25, -0.2) is 8.42 Å². The predicted octanol–water partition coefficient (Wildman–Crippen LogP) is 3.97. The van der Waals surface area contributed by atoms with E-state index in [-0.39, 0.29) is 23.2 Å². The van der Waals surface area contributed by atoms with E-state index in [0.717, 1.165) is 10.0 Å². The van der Waals surface area contributed by atoms with Crippen molar-refractivity contribution in [3.05, 3.63) is 57.0 Å². The number of methoxy groups -OCH3 is 1. The highest BCUT2D eigenvalue weighted by Crippen LogP contribution is 2.34. The Morgan fingerprint density at radius 1 is 1.29 bits per heavy atom. The van der Waals surface area contributed by atoms with Gasteiger partial charge in [0, 0.05) is 34.6 Å². The first kappa shape index (κ1) is 21.1. The number of nitrogens with zero attached hydrogens (tertiary/aromatic N) is 3. The second-order valence-electron chi connectivity index (χ2n) is 6.43. The van der Waals surface area contributed by atoms with Crippen molar-refractivity contribution in [3.63, 3.8) is 0 Å². The fraction of sp³-hybridized carbons (Fsp3) is 0.316. The number of likely N-dealkylation sites (tertiary alicyclic amines) is 1. The summed E-state index contributed by atoms with van der Waals surface area (Å²) < 4.78 is 35.6. The molecule has 1 aliphatic rings. The monoisotopic (exact) mass is 527 g/mol. The second kappa shape index (κ2) is 8.82. The molecule has 1 fully saturated rings. The van der Waals surface area contributed by atoms with Crippen molar-refractivity contribution in [2.75, 3.05) is 20.2 Å². The summed E-state index contributed by atoms with van der Waals surface area (Å²) >= 11 is 6.86. The van der Waals surface area contributed by atoms with Crippen LogP contribution in [0.15, 0.2) is 56.3 Å². The average Bonchev–Trinajstić information content (AvgIpc) is 3.16. The molecule has 1 aliphatic heterocycles. The van der Waals surface area contributed by atoms with Crippen molar-refractivity contribution >= 4 is 41.9 Å². The van der Waals surface area contributed by atoms with Crippen molar-refractivity contribution in [2.24, 2.45) is 0 Å². The largest absolute Gasteiger partial charge is 0.495 e. The third-order valence-corrected chi connectivity index (χ3v) is 7.89. The molecular weight excluding hydrogens is 510 g/mol. The summed E-state index contributed by atoms with van der Waals surface area (Å²) in [5.74, 6) is 0.287. The van der Waals surface area contributed by atoms with Gasteiger partial charge in [-0.05, 0) is 36.2 Å². The lowest BCUT2D eigenvalue weighted by Gasteiger charge is -2.29. The first-order chi connectivity index (χ1) is 13.4. The highest BCUT2D eigenvalue weighted by Gasteiger charge is 2.37. The molecule has 3 rings (SSSR count). The van der Waals surface area contributed by atoms with Crippen LogP contribution in [-0.2, 0) is 16.6 Å². The van der Waals surface area contributed by atoms with Gasteiger partial charge >= 0.3 is 0 Å². The number of ether oxygens (including phenoxy) is 1. The summed E-state index contributed by atoms with van der Waals surface area (Å²) in [7, 11) is -2.42. The van der Waals surface area contributed by atoms with Crippen LogP contribution in [0, 0.1) is 11.5 Å². The van der Waals surface area contributed by atoms with Crippen LogP contribution in [0.5, 0.6) is 5.75 Å². The second-order valence-corrected chi connectivity index (χ2v) is 10.1. The first-order valence-corrected chi connectivity index (χ1v) is 11.6. The summed E-state index contributed by atoms with van der Waals surface area (Å²) in [4.78, 5) is 1.69. The number of sulfonamides is 1. The molecule has 0 spiro atoms. The Morgan fingerprint density at radius 3 is 2.68 bits per heavy atom. The molecule has 148 valence electrons. The number of nitriles is 1. The lowest BCUT2D eigenvalue weighted by atomic mass is 10.2. The Bertz CT molecular complexity index is 1010. The maximum atomic E-state index is 13.7. The van der Waals surface area contributed by atoms with E-state index >= 15 is 0 Å². The molecule has 2 aromatic rings. The van der Waals surface area contributed by atoms with Gasteiger partial charge < -0.3 is 9.64 Å². The molecular formula is C19H19Br2N3O3S. The van der Waals surface area contributed by atoms with Crippen LogP contribution in [0.3, 0.4) is 0 Å². The molecule has 1 atom stereocenters. The minimum absolute atomic E-state index is 0.104. The van der Waals surface area contributed by atoms with E-state index in [1.807, 2.05) is 24.3 Å². The third kappa shape index (κ3) is 4.35. The van der Waals surface area contributed by atoms with Crippen LogP contribution >= 0.6 is 31.9 Å². The normalized spacial score (nSPS) is 17.0. The molecule has 9 heteroatoms. The fourth-order valence-corrected chi connectivity index (χ4v) is 5.98. The van der Waals surface area contributed by atoms with Crippen LogP contribution < -0.4 is 4.74 Å². The van der Waals surface area contributed by atoms with Gasteiger partial charge in [-0.3, -0.25) is 0 Å². The van der Waals surface area contributed by atoms with Crippen molar-refractivity contribution in [2.45, 2.75) is 23.9 Å². The summed E-state index contributed by atoms with van der Waals surface area (Å²) in [6, 6.07) is 12.2. The van der Waals surface area contributed by atoms with E-state index in [2.05, 4.69) is 38.1 Å². The number of halogens is 2. The van der Waals surface area contributed by atoms with Gasteiger partial charge in [-0.1, -0.05) is 50.1 Å². The summed E-state index contributed by atoms with van der Waals surface area (Å²) in [5.41, 5.74) is 0.857. The number of hydrogen-bond donors (Lipinski definition) is 0. The molecule has 1 saturated heterocycles. The molecule has 1 heterocycles. The van der Waals surface area contributed by atoms with E-state index in [9.17, 15) is 13.7 Å². The molecule has 0 radical (unpaired) electrons. The quantitative estimate of drug-likeness (QED) is 0.530. The molecule has 0 aromatic heterocycles.